The van der Waals surface area contributed by atoms with Crippen LogP contribution in [0.5, 0.6) is 0 Å². The Morgan fingerprint density at radius 3 is 1.59 bits per heavy atom. The van der Waals surface area contributed by atoms with Gasteiger partial charge in [-0.3, -0.25) is 13.9 Å². The van der Waals surface area contributed by atoms with Crippen LogP contribution in [0.15, 0.2) is 0 Å². The predicted molar refractivity (Wildman–Crippen MR) is 57.5 cm³/mol. The highest BCUT2D eigenvalue weighted by molar-refractivity contribution is 7.86. The van der Waals surface area contributed by atoms with E-state index in [1.807, 2.05) is 0 Å². The van der Waals surface area contributed by atoms with Crippen LogP contribution in [-0.2, 0) is 25.0 Å². The Hall–Kier alpha value is -0.790. The summed E-state index contributed by atoms with van der Waals surface area (Å²) in [4.78, 5) is 9.88. The van der Waals surface area contributed by atoms with Crippen molar-refractivity contribution in [3.63, 3.8) is 0 Å². The average Bonchev–Trinajstić information content (AvgIpc) is 1.98. The number of carbonyl (C=O) groups is 1. The summed E-state index contributed by atoms with van der Waals surface area (Å²) in [6, 6.07) is -1.56. The molecule has 17 heavy (non-hydrogen) atoms. The zero-order chi connectivity index (χ0) is 14.3. The number of rotatable bonds is 5. The fourth-order valence-electron chi connectivity index (χ4n) is 0.447. The highest BCUT2D eigenvalue weighted by atomic mass is 32.2. The maximum atomic E-state index is 9.96. The first-order valence-corrected chi connectivity index (χ1v) is 7.19. The van der Waals surface area contributed by atoms with E-state index in [0.29, 0.717) is 0 Å². The molecule has 12 heteroatoms. The third-order valence-corrected chi connectivity index (χ3v) is 2.62. The molecule has 0 aromatic carbocycles. The third-order valence-electron chi connectivity index (χ3n) is 1.08. The van der Waals surface area contributed by atoms with Crippen LogP contribution in [0.1, 0.15) is 0 Å². The second-order valence-corrected chi connectivity index (χ2v) is 5.84. The molecule has 0 saturated heterocycles. The van der Waals surface area contributed by atoms with E-state index in [-0.39, 0.29) is 12.3 Å². The van der Waals surface area contributed by atoms with Gasteiger partial charge in [0.2, 0.25) is 0 Å². The number of nitrogens with two attached hydrogens (primary N) is 2. The fraction of sp³-hybridized carbons (Fsp3) is 0.800. The monoisotopic (exact) mass is 294 g/mol. The molecule has 0 aliphatic rings. The van der Waals surface area contributed by atoms with Crippen LogP contribution in [0.4, 0.5) is 0 Å². The van der Waals surface area contributed by atoms with Crippen molar-refractivity contribution in [3.05, 3.63) is 0 Å². The zero-order valence-corrected chi connectivity index (χ0v) is 10.2. The van der Waals surface area contributed by atoms with E-state index in [2.05, 4.69) is 0 Å². The van der Waals surface area contributed by atoms with Gasteiger partial charge >= 0.3 is 5.97 Å². The lowest BCUT2D eigenvalue weighted by atomic mass is 10.4. The van der Waals surface area contributed by atoms with Crippen molar-refractivity contribution in [1.82, 2.24) is 0 Å². The smallest absolute Gasteiger partial charge is 0.321 e. The summed E-state index contributed by atoms with van der Waals surface area (Å²) in [6.07, 6.45) is 0. The fourth-order valence-corrected chi connectivity index (χ4v) is 1.34. The SMILES string of the molecule is NC(CS(=O)(=O)O)C(=O)O.NCCS(=O)(=O)O. The third kappa shape index (κ3) is 17.8. The predicted octanol–water partition coefficient (Wildman–Crippen LogP) is -2.88. The Morgan fingerprint density at radius 2 is 1.53 bits per heavy atom. The highest BCUT2D eigenvalue weighted by Gasteiger charge is 2.18. The standard InChI is InChI=1S/C3H7NO5S.C2H7NO3S/c4-2(3(5)6)1-10(7,8)9;3-1-2-7(4,5)6/h2H,1,4H2,(H,5,6)(H,7,8,9);1-3H2,(H,4,5,6). The molecule has 10 nitrogen and oxygen atoms in total. The molecule has 0 saturated carbocycles. The molecular weight excluding hydrogens is 280 g/mol. The molecule has 0 rings (SSSR count). The molecule has 0 aliphatic heterocycles. The van der Waals surface area contributed by atoms with Gasteiger partial charge in [0, 0.05) is 6.54 Å². The molecule has 0 radical (unpaired) electrons. The molecule has 0 aromatic heterocycles. The van der Waals surface area contributed by atoms with Crippen molar-refractivity contribution < 1.29 is 35.8 Å². The van der Waals surface area contributed by atoms with Crippen molar-refractivity contribution >= 4 is 26.2 Å². The van der Waals surface area contributed by atoms with Gasteiger partial charge in [-0.25, -0.2) is 0 Å². The first kappa shape index (κ1) is 18.6. The lowest BCUT2D eigenvalue weighted by molar-refractivity contribution is -0.138. The normalized spacial score (nSPS) is 13.4. The van der Waals surface area contributed by atoms with Crippen LogP contribution >= 0.6 is 0 Å². The van der Waals surface area contributed by atoms with E-state index in [1.54, 1.807) is 0 Å². The van der Waals surface area contributed by atoms with Crippen molar-refractivity contribution in [2.75, 3.05) is 18.1 Å². The van der Waals surface area contributed by atoms with Crippen LogP contribution < -0.4 is 11.5 Å². The Labute approximate surface area is 98.1 Å². The van der Waals surface area contributed by atoms with Crippen LogP contribution in [-0.4, -0.2) is 61.1 Å². The highest BCUT2D eigenvalue weighted by Crippen LogP contribution is 1.86. The van der Waals surface area contributed by atoms with Gasteiger partial charge in [0.25, 0.3) is 20.2 Å². The topological polar surface area (TPSA) is 198 Å². The molecular formula is C5H14N2O8S2. The molecule has 104 valence electrons. The second-order valence-electron chi connectivity index (χ2n) is 2.77. The first-order valence-electron chi connectivity index (χ1n) is 3.98. The van der Waals surface area contributed by atoms with Gasteiger partial charge in [-0.2, -0.15) is 16.8 Å². The van der Waals surface area contributed by atoms with Crippen molar-refractivity contribution in [2.45, 2.75) is 6.04 Å². The van der Waals surface area contributed by atoms with Crippen LogP contribution in [0.3, 0.4) is 0 Å². The Bertz CT molecular complexity index is 427. The first-order chi connectivity index (χ1) is 7.39. The largest absolute Gasteiger partial charge is 0.480 e. The van der Waals surface area contributed by atoms with E-state index in [9.17, 15) is 21.6 Å². The summed E-state index contributed by atoms with van der Waals surface area (Å²) >= 11 is 0. The molecule has 0 aliphatic carbocycles. The van der Waals surface area contributed by atoms with Gasteiger partial charge in [0.1, 0.15) is 11.8 Å². The summed E-state index contributed by atoms with van der Waals surface area (Å²) in [5.41, 5.74) is 9.54. The zero-order valence-electron chi connectivity index (χ0n) is 8.55. The maximum absolute atomic E-state index is 9.96. The minimum Gasteiger partial charge on any atom is -0.480 e. The van der Waals surface area contributed by atoms with Crippen molar-refractivity contribution in [1.29, 1.82) is 0 Å². The molecule has 1 atom stereocenters. The van der Waals surface area contributed by atoms with Gasteiger partial charge in [0.15, 0.2) is 0 Å². The maximum Gasteiger partial charge on any atom is 0.321 e. The van der Waals surface area contributed by atoms with Crippen LogP contribution in [0.25, 0.3) is 0 Å². The molecule has 0 bridgehead atoms. The lowest BCUT2D eigenvalue weighted by Gasteiger charge is -2.01. The molecule has 1 unspecified atom stereocenters. The van der Waals surface area contributed by atoms with Crippen molar-refractivity contribution in [2.24, 2.45) is 11.5 Å². The number of carboxylic acids is 1. The van der Waals surface area contributed by atoms with E-state index in [0.717, 1.165) is 0 Å². The Morgan fingerprint density at radius 1 is 1.12 bits per heavy atom. The Kier molecular flexibility index (Phi) is 8.21. The van der Waals surface area contributed by atoms with Gasteiger partial charge in [-0.05, 0) is 0 Å². The van der Waals surface area contributed by atoms with Gasteiger partial charge in [-0.15, -0.1) is 0 Å². The quantitative estimate of drug-likeness (QED) is 0.328. The Balaban J connectivity index is 0. The number of hydrogen-bond donors (Lipinski definition) is 5. The average molecular weight is 294 g/mol. The van der Waals surface area contributed by atoms with E-state index >= 15 is 0 Å². The van der Waals surface area contributed by atoms with E-state index in [4.69, 9.17) is 25.7 Å². The van der Waals surface area contributed by atoms with E-state index < -0.39 is 38.0 Å². The van der Waals surface area contributed by atoms with E-state index in [1.165, 1.54) is 0 Å². The minimum atomic E-state index is -4.27. The molecule has 0 amide bonds. The molecule has 0 heterocycles. The summed E-state index contributed by atoms with van der Waals surface area (Å²) in [7, 11) is -8.07. The number of aliphatic carboxylic acids is 1. The molecule has 0 spiro atoms. The van der Waals surface area contributed by atoms with Crippen LogP contribution in [0.2, 0.25) is 0 Å². The summed E-state index contributed by atoms with van der Waals surface area (Å²) in [6.45, 7) is -0.0289. The summed E-state index contributed by atoms with van der Waals surface area (Å²) in [5, 5.41) is 8.04. The second kappa shape index (κ2) is 7.52. The van der Waals surface area contributed by atoms with Gasteiger partial charge < -0.3 is 16.6 Å². The summed E-state index contributed by atoms with van der Waals surface area (Å²) < 4.78 is 55.3. The summed E-state index contributed by atoms with van der Waals surface area (Å²) in [5.74, 6) is -2.77. The lowest BCUT2D eigenvalue weighted by Crippen LogP contribution is -2.36. The van der Waals surface area contributed by atoms with Crippen LogP contribution in [0, 0.1) is 0 Å². The number of hydrogen-bond acceptors (Lipinski definition) is 7. The number of carboxylic acid groups (broad SMARTS) is 1. The molecule has 0 aromatic rings. The van der Waals surface area contributed by atoms with Crippen molar-refractivity contribution in [3.8, 4) is 0 Å². The molecule has 7 N–H and O–H groups in total. The van der Waals surface area contributed by atoms with Gasteiger partial charge in [0.05, 0.1) is 5.75 Å². The minimum absolute atomic E-state index is 0.0289. The van der Waals surface area contributed by atoms with Gasteiger partial charge in [-0.1, -0.05) is 0 Å². The molecule has 0 fully saturated rings.